The number of hydrogen-bond acceptors (Lipinski definition) is 4. The average molecular weight is 213 g/mol. The summed E-state index contributed by atoms with van der Waals surface area (Å²) in [6.45, 7) is 6.09. The molecule has 1 aromatic rings. The maximum absolute atomic E-state index is 5.50. The van der Waals surface area contributed by atoms with E-state index in [4.69, 9.17) is 5.73 Å². The van der Waals surface area contributed by atoms with E-state index in [0.29, 0.717) is 6.54 Å². The first-order chi connectivity index (χ1) is 6.72. The Labute approximate surface area is 89.7 Å². The van der Waals surface area contributed by atoms with Gasteiger partial charge in [-0.25, -0.2) is 4.98 Å². The number of nitrogens with zero attached hydrogens (tertiary/aromatic N) is 1. The summed E-state index contributed by atoms with van der Waals surface area (Å²) in [5, 5.41) is 4.30. The van der Waals surface area contributed by atoms with Crippen LogP contribution < -0.4 is 11.1 Å². The molecule has 0 aliphatic rings. The second-order valence-corrected chi connectivity index (χ2v) is 4.91. The van der Waals surface area contributed by atoms with Gasteiger partial charge in [0.05, 0.1) is 0 Å². The molecule has 0 saturated heterocycles. The Morgan fingerprint density at radius 3 is 2.93 bits per heavy atom. The third kappa shape index (κ3) is 4.07. The van der Waals surface area contributed by atoms with E-state index in [9.17, 15) is 0 Å². The molecule has 0 fully saturated rings. The van der Waals surface area contributed by atoms with Crippen LogP contribution in [-0.4, -0.2) is 11.5 Å². The second kappa shape index (κ2) is 5.98. The maximum atomic E-state index is 5.50. The lowest BCUT2D eigenvalue weighted by atomic mass is 10.1. The van der Waals surface area contributed by atoms with E-state index in [2.05, 4.69) is 24.1 Å². The molecule has 1 aromatic heterocycles. The fourth-order valence-electron chi connectivity index (χ4n) is 1.19. The highest BCUT2D eigenvalue weighted by Gasteiger charge is 1.99. The minimum atomic E-state index is 0.589. The Morgan fingerprint density at radius 1 is 1.57 bits per heavy atom. The Balaban J connectivity index is 2.18. The van der Waals surface area contributed by atoms with Crippen molar-refractivity contribution in [3.8, 4) is 0 Å². The topological polar surface area (TPSA) is 50.9 Å². The van der Waals surface area contributed by atoms with Crippen LogP contribution in [0.3, 0.4) is 0 Å². The van der Waals surface area contributed by atoms with Crippen molar-refractivity contribution in [3.05, 3.63) is 11.1 Å². The SMILES string of the molecule is CC(C)CCCNc1ncc(CN)s1. The summed E-state index contributed by atoms with van der Waals surface area (Å²) >= 11 is 1.64. The van der Waals surface area contributed by atoms with Gasteiger partial charge in [0, 0.05) is 24.2 Å². The maximum Gasteiger partial charge on any atom is 0.182 e. The van der Waals surface area contributed by atoms with E-state index in [0.717, 1.165) is 22.5 Å². The Kier molecular flexibility index (Phi) is 4.90. The van der Waals surface area contributed by atoms with Crippen LogP contribution in [0.2, 0.25) is 0 Å². The number of thiazole rings is 1. The van der Waals surface area contributed by atoms with Crippen molar-refractivity contribution in [1.29, 1.82) is 0 Å². The van der Waals surface area contributed by atoms with Gasteiger partial charge in [-0.1, -0.05) is 13.8 Å². The molecule has 0 unspecified atom stereocenters. The van der Waals surface area contributed by atoms with Crippen LogP contribution in [0.5, 0.6) is 0 Å². The van der Waals surface area contributed by atoms with Crippen molar-refractivity contribution in [3.63, 3.8) is 0 Å². The summed E-state index contributed by atoms with van der Waals surface area (Å²) < 4.78 is 0. The Bertz CT molecular complexity index is 258. The minimum absolute atomic E-state index is 0.589. The number of rotatable bonds is 6. The zero-order valence-electron chi connectivity index (χ0n) is 8.92. The molecule has 0 bridgehead atoms. The Morgan fingerprint density at radius 2 is 2.36 bits per heavy atom. The predicted molar refractivity (Wildman–Crippen MR) is 62.6 cm³/mol. The average Bonchev–Trinajstić information content (AvgIpc) is 2.60. The highest BCUT2D eigenvalue weighted by Crippen LogP contribution is 2.17. The summed E-state index contributed by atoms with van der Waals surface area (Å²) in [5.41, 5.74) is 5.50. The van der Waals surface area contributed by atoms with Crippen molar-refractivity contribution in [2.24, 2.45) is 11.7 Å². The first-order valence-electron chi connectivity index (χ1n) is 5.11. The van der Waals surface area contributed by atoms with Gasteiger partial charge in [-0.05, 0) is 18.8 Å². The van der Waals surface area contributed by atoms with E-state index in [-0.39, 0.29) is 0 Å². The van der Waals surface area contributed by atoms with Gasteiger partial charge >= 0.3 is 0 Å². The third-order valence-electron chi connectivity index (χ3n) is 1.99. The standard InChI is InChI=1S/C10H19N3S/c1-8(2)4-3-5-12-10-13-7-9(6-11)14-10/h7-8H,3-6,11H2,1-2H3,(H,12,13). The highest BCUT2D eigenvalue weighted by atomic mass is 32.1. The molecule has 0 aromatic carbocycles. The molecule has 0 atom stereocenters. The van der Waals surface area contributed by atoms with Crippen LogP contribution in [0.15, 0.2) is 6.20 Å². The van der Waals surface area contributed by atoms with E-state index in [1.165, 1.54) is 12.8 Å². The van der Waals surface area contributed by atoms with Crippen LogP contribution in [0, 0.1) is 5.92 Å². The highest BCUT2D eigenvalue weighted by molar-refractivity contribution is 7.15. The van der Waals surface area contributed by atoms with Gasteiger partial charge in [-0.3, -0.25) is 0 Å². The van der Waals surface area contributed by atoms with Crippen molar-refractivity contribution in [2.75, 3.05) is 11.9 Å². The normalized spacial score (nSPS) is 10.9. The van der Waals surface area contributed by atoms with E-state index >= 15 is 0 Å². The van der Waals surface area contributed by atoms with Gasteiger partial charge < -0.3 is 11.1 Å². The van der Waals surface area contributed by atoms with Gasteiger partial charge in [0.25, 0.3) is 0 Å². The van der Waals surface area contributed by atoms with Gasteiger partial charge in [0.15, 0.2) is 5.13 Å². The molecular formula is C10H19N3S. The van der Waals surface area contributed by atoms with Crippen molar-refractivity contribution in [2.45, 2.75) is 33.2 Å². The van der Waals surface area contributed by atoms with E-state index < -0.39 is 0 Å². The summed E-state index contributed by atoms with van der Waals surface area (Å²) in [5.74, 6) is 0.785. The molecule has 0 saturated carbocycles. The zero-order chi connectivity index (χ0) is 10.4. The molecule has 3 N–H and O–H groups in total. The molecule has 4 heteroatoms. The fraction of sp³-hybridized carbons (Fsp3) is 0.700. The van der Waals surface area contributed by atoms with Gasteiger partial charge in [-0.2, -0.15) is 0 Å². The molecule has 0 aliphatic heterocycles. The molecule has 0 amide bonds. The number of nitrogens with one attached hydrogen (secondary N) is 1. The molecule has 14 heavy (non-hydrogen) atoms. The van der Waals surface area contributed by atoms with Crippen LogP contribution in [0.1, 0.15) is 31.6 Å². The van der Waals surface area contributed by atoms with Crippen molar-refractivity contribution >= 4 is 16.5 Å². The van der Waals surface area contributed by atoms with Crippen molar-refractivity contribution in [1.82, 2.24) is 4.98 Å². The molecule has 1 rings (SSSR count). The molecular weight excluding hydrogens is 194 g/mol. The minimum Gasteiger partial charge on any atom is -0.362 e. The number of anilines is 1. The summed E-state index contributed by atoms with van der Waals surface area (Å²) in [6, 6.07) is 0. The number of hydrogen-bond donors (Lipinski definition) is 2. The smallest absolute Gasteiger partial charge is 0.182 e. The first kappa shape index (κ1) is 11.5. The monoisotopic (exact) mass is 213 g/mol. The van der Waals surface area contributed by atoms with Crippen LogP contribution in [0.4, 0.5) is 5.13 Å². The van der Waals surface area contributed by atoms with Gasteiger partial charge in [0.1, 0.15) is 0 Å². The van der Waals surface area contributed by atoms with Crippen LogP contribution in [-0.2, 0) is 6.54 Å². The van der Waals surface area contributed by atoms with Crippen LogP contribution >= 0.6 is 11.3 Å². The van der Waals surface area contributed by atoms with Crippen molar-refractivity contribution < 1.29 is 0 Å². The Hall–Kier alpha value is -0.610. The third-order valence-corrected chi connectivity index (χ3v) is 2.97. The molecule has 3 nitrogen and oxygen atoms in total. The lowest BCUT2D eigenvalue weighted by molar-refractivity contribution is 0.567. The number of nitrogens with two attached hydrogens (primary N) is 1. The lowest BCUT2D eigenvalue weighted by Crippen LogP contribution is -2.02. The van der Waals surface area contributed by atoms with E-state index in [1.807, 2.05) is 6.20 Å². The fourth-order valence-corrected chi connectivity index (χ4v) is 1.91. The first-order valence-corrected chi connectivity index (χ1v) is 5.92. The van der Waals surface area contributed by atoms with Gasteiger partial charge in [0.2, 0.25) is 0 Å². The summed E-state index contributed by atoms with van der Waals surface area (Å²) in [4.78, 5) is 5.37. The molecule has 0 aliphatic carbocycles. The summed E-state index contributed by atoms with van der Waals surface area (Å²) in [7, 11) is 0. The second-order valence-electron chi connectivity index (χ2n) is 3.80. The molecule has 1 heterocycles. The van der Waals surface area contributed by atoms with E-state index in [1.54, 1.807) is 11.3 Å². The molecule has 80 valence electrons. The number of aromatic nitrogens is 1. The molecule has 0 spiro atoms. The van der Waals surface area contributed by atoms with Crippen LogP contribution in [0.25, 0.3) is 0 Å². The molecule has 0 radical (unpaired) electrons. The quantitative estimate of drug-likeness (QED) is 0.714. The zero-order valence-corrected chi connectivity index (χ0v) is 9.73. The summed E-state index contributed by atoms with van der Waals surface area (Å²) in [6.07, 6.45) is 4.31. The lowest BCUT2D eigenvalue weighted by Gasteiger charge is -2.04. The predicted octanol–water partition coefficient (Wildman–Crippen LogP) is 2.45. The van der Waals surface area contributed by atoms with Gasteiger partial charge in [-0.15, -0.1) is 11.3 Å². The largest absolute Gasteiger partial charge is 0.362 e.